The number of benzene rings is 3. The molecule has 0 atom stereocenters. The molecule has 0 bridgehead atoms. The molecule has 10 heteroatoms. The molecule has 9 nitrogen and oxygen atoms in total. The van der Waals surface area contributed by atoms with Gasteiger partial charge in [0, 0.05) is 36.7 Å². The monoisotopic (exact) mass is 541 g/mol. The predicted octanol–water partition coefficient (Wildman–Crippen LogP) is 5.00. The lowest BCUT2D eigenvalue weighted by molar-refractivity contribution is 0.0835. The van der Waals surface area contributed by atoms with E-state index in [9.17, 15) is 13.2 Å². The average Bonchev–Trinajstić information content (AvgIpc) is 3.10. The van der Waals surface area contributed by atoms with E-state index < -0.39 is 10.0 Å². The number of nitrogens with zero attached hydrogens (tertiary/aromatic N) is 3. The number of sulfonamides is 1. The number of rotatable bonds is 10. The average molecular weight is 542 g/mol. The van der Waals surface area contributed by atoms with E-state index in [1.807, 2.05) is 42.5 Å². The van der Waals surface area contributed by atoms with Gasteiger partial charge >= 0.3 is 0 Å². The maximum absolute atomic E-state index is 13.5. The maximum Gasteiger partial charge on any atom is 0.264 e. The van der Waals surface area contributed by atoms with E-state index >= 15 is 0 Å². The minimum absolute atomic E-state index is 0.0166. The Balaban J connectivity index is 1.18. The van der Waals surface area contributed by atoms with Gasteiger partial charge in [-0.3, -0.25) is 4.79 Å². The number of fused-ring (bicyclic) bond motifs is 1. The van der Waals surface area contributed by atoms with Crippen molar-refractivity contribution in [1.29, 1.82) is 0 Å². The molecule has 198 valence electrons. The van der Waals surface area contributed by atoms with Crippen molar-refractivity contribution in [3.05, 3.63) is 115 Å². The van der Waals surface area contributed by atoms with Crippen LogP contribution in [0.1, 0.15) is 28.8 Å². The van der Waals surface area contributed by atoms with E-state index in [1.165, 1.54) is 24.5 Å². The van der Waals surface area contributed by atoms with Crippen molar-refractivity contribution in [3.63, 3.8) is 0 Å². The van der Waals surface area contributed by atoms with E-state index in [-0.39, 0.29) is 16.8 Å². The summed E-state index contributed by atoms with van der Waals surface area (Å²) in [6.07, 6.45) is 6.11. The molecule has 1 aliphatic rings. The van der Waals surface area contributed by atoms with Gasteiger partial charge in [0.2, 0.25) is 5.95 Å². The van der Waals surface area contributed by atoms with Crippen molar-refractivity contribution >= 4 is 33.3 Å². The summed E-state index contributed by atoms with van der Waals surface area (Å²) >= 11 is 0. The van der Waals surface area contributed by atoms with Crippen LogP contribution in [0.15, 0.2) is 108 Å². The van der Waals surface area contributed by atoms with Gasteiger partial charge in [0.15, 0.2) is 0 Å². The van der Waals surface area contributed by atoms with Crippen molar-refractivity contribution in [1.82, 2.24) is 14.9 Å². The summed E-state index contributed by atoms with van der Waals surface area (Å²) in [6, 6.07) is 25.0. The first-order chi connectivity index (χ1) is 19.0. The number of hydrogen-bond acceptors (Lipinski definition) is 7. The molecule has 1 aliphatic heterocycles. The molecular formula is C29H27N5O4S. The Morgan fingerprint density at radius 1 is 0.821 bits per heavy atom. The first-order valence-electron chi connectivity index (χ1n) is 12.5. The molecule has 3 aromatic carbocycles. The van der Waals surface area contributed by atoms with Gasteiger partial charge in [0.1, 0.15) is 12.0 Å². The number of unbranched alkanes of at least 4 members (excludes halogenated alkanes) is 1. The molecule has 1 amide bonds. The number of ether oxygens (including phenoxy) is 1. The van der Waals surface area contributed by atoms with Crippen LogP contribution in [0.5, 0.6) is 5.75 Å². The van der Waals surface area contributed by atoms with Crippen LogP contribution in [0.2, 0.25) is 0 Å². The highest BCUT2D eigenvalue weighted by atomic mass is 32.2. The normalized spacial score (nSPS) is 13.1. The second-order valence-electron chi connectivity index (χ2n) is 8.78. The highest BCUT2D eigenvalue weighted by molar-refractivity contribution is 7.92. The van der Waals surface area contributed by atoms with Gasteiger partial charge < -0.3 is 15.0 Å². The van der Waals surface area contributed by atoms with Crippen molar-refractivity contribution in [3.8, 4) is 5.75 Å². The van der Waals surface area contributed by atoms with Gasteiger partial charge in [-0.1, -0.05) is 42.5 Å². The second kappa shape index (κ2) is 11.8. The zero-order valence-corrected chi connectivity index (χ0v) is 21.8. The fourth-order valence-corrected chi connectivity index (χ4v) is 5.11. The third-order valence-electron chi connectivity index (χ3n) is 6.11. The molecule has 0 unspecified atom stereocenters. The summed E-state index contributed by atoms with van der Waals surface area (Å²) in [5.74, 6) is 0.456. The van der Waals surface area contributed by atoms with Crippen LogP contribution < -0.4 is 14.8 Å². The van der Waals surface area contributed by atoms with E-state index in [1.54, 1.807) is 41.5 Å². The Hall–Kier alpha value is -4.70. The van der Waals surface area contributed by atoms with Gasteiger partial charge in [-0.2, -0.15) is 0 Å². The number of hydrogen-bond donors (Lipinski definition) is 2. The lowest BCUT2D eigenvalue weighted by Crippen LogP contribution is -2.30. The summed E-state index contributed by atoms with van der Waals surface area (Å²) in [7, 11) is -3.78. The standard InChI is InChI=1S/C29H27N5O4S/c35-28-25-11-4-5-12-27(25)38-21-26(22-9-2-1-3-10-22)34(28)20-7-6-17-30-23-13-15-24(16-14-23)39(36,37)33-29-31-18-8-19-32-29/h1-5,8-16,18-19,21,30H,6-7,17,20H2,(H,31,32,33). The zero-order chi connectivity index (χ0) is 27.1. The van der Waals surface area contributed by atoms with Crippen LogP contribution in [-0.2, 0) is 10.0 Å². The molecule has 0 saturated carbocycles. The SMILES string of the molecule is O=C1c2ccccc2OC=C(c2ccccc2)N1CCCCNc1ccc(S(=O)(=O)Nc2ncccn2)cc1. The number of amides is 1. The van der Waals surface area contributed by atoms with Crippen LogP contribution in [0.25, 0.3) is 5.70 Å². The van der Waals surface area contributed by atoms with Gasteiger partial charge in [-0.25, -0.2) is 23.1 Å². The summed E-state index contributed by atoms with van der Waals surface area (Å²) in [6.45, 7) is 1.17. The molecule has 0 fully saturated rings. The van der Waals surface area contributed by atoms with Crippen molar-refractivity contribution < 1.29 is 17.9 Å². The van der Waals surface area contributed by atoms with Crippen molar-refractivity contribution in [2.24, 2.45) is 0 Å². The highest BCUT2D eigenvalue weighted by Gasteiger charge is 2.26. The number of carbonyl (C=O) groups excluding carboxylic acids is 1. The van der Waals surface area contributed by atoms with E-state index in [2.05, 4.69) is 20.0 Å². The minimum atomic E-state index is -3.78. The lowest BCUT2D eigenvalue weighted by atomic mass is 10.1. The summed E-state index contributed by atoms with van der Waals surface area (Å²) in [4.78, 5) is 23.1. The number of para-hydroxylation sites is 1. The summed E-state index contributed by atoms with van der Waals surface area (Å²) < 4.78 is 33.4. The molecule has 0 aliphatic carbocycles. The third-order valence-corrected chi connectivity index (χ3v) is 7.46. The Bertz CT molecular complexity index is 1560. The second-order valence-corrected chi connectivity index (χ2v) is 10.5. The maximum atomic E-state index is 13.5. The predicted molar refractivity (Wildman–Crippen MR) is 150 cm³/mol. The Morgan fingerprint density at radius 2 is 1.54 bits per heavy atom. The molecule has 2 heterocycles. The molecular weight excluding hydrogens is 514 g/mol. The molecule has 2 N–H and O–H groups in total. The molecule has 4 aromatic rings. The van der Waals surface area contributed by atoms with Crippen molar-refractivity contribution in [2.45, 2.75) is 17.7 Å². The topological polar surface area (TPSA) is 114 Å². The third kappa shape index (κ3) is 6.24. The number of anilines is 2. The Labute approximate surface area is 227 Å². The van der Waals surface area contributed by atoms with Crippen molar-refractivity contribution in [2.75, 3.05) is 23.1 Å². The largest absolute Gasteiger partial charge is 0.462 e. The molecule has 1 aromatic heterocycles. The molecule has 5 rings (SSSR count). The fourth-order valence-electron chi connectivity index (χ4n) is 4.15. The lowest BCUT2D eigenvalue weighted by Gasteiger charge is -2.24. The van der Waals surface area contributed by atoms with Gasteiger partial charge in [0.25, 0.3) is 15.9 Å². The molecule has 39 heavy (non-hydrogen) atoms. The Morgan fingerprint density at radius 3 is 2.31 bits per heavy atom. The fraction of sp³-hybridized carbons (Fsp3) is 0.138. The molecule has 0 radical (unpaired) electrons. The number of aromatic nitrogens is 2. The van der Waals surface area contributed by atoms with Crippen LogP contribution in [-0.4, -0.2) is 42.3 Å². The molecule has 0 spiro atoms. The minimum Gasteiger partial charge on any atom is -0.462 e. The summed E-state index contributed by atoms with van der Waals surface area (Å²) in [5, 5.41) is 3.31. The van der Waals surface area contributed by atoms with Crippen LogP contribution in [0, 0.1) is 0 Å². The van der Waals surface area contributed by atoms with E-state index in [4.69, 9.17) is 4.74 Å². The molecule has 0 saturated heterocycles. The smallest absolute Gasteiger partial charge is 0.264 e. The zero-order valence-electron chi connectivity index (χ0n) is 21.0. The summed E-state index contributed by atoms with van der Waals surface area (Å²) in [5.41, 5.74) is 2.94. The van der Waals surface area contributed by atoms with Gasteiger partial charge in [0.05, 0.1) is 16.2 Å². The van der Waals surface area contributed by atoms with Gasteiger partial charge in [-0.05, 0) is 55.3 Å². The number of nitrogens with one attached hydrogen (secondary N) is 2. The quantitative estimate of drug-likeness (QED) is 0.272. The highest BCUT2D eigenvalue weighted by Crippen LogP contribution is 2.30. The number of carbonyl (C=O) groups is 1. The van der Waals surface area contributed by atoms with Crippen LogP contribution in [0.3, 0.4) is 0 Å². The van der Waals surface area contributed by atoms with E-state index in [0.29, 0.717) is 24.4 Å². The first-order valence-corrected chi connectivity index (χ1v) is 14.0. The Kier molecular flexibility index (Phi) is 7.83. The van der Waals surface area contributed by atoms with Crippen LogP contribution in [0.4, 0.5) is 11.6 Å². The first kappa shape index (κ1) is 25.9. The van der Waals surface area contributed by atoms with Crippen LogP contribution >= 0.6 is 0 Å². The van der Waals surface area contributed by atoms with E-state index in [0.717, 1.165) is 29.8 Å². The van der Waals surface area contributed by atoms with Gasteiger partial charge in [-0.15, -0.1) is 0 Å².